The van der Waals surface area contributed by atoms with Gasteiger partial charge in [-0.3, -0.25) is 9.59 Å². The summed E-state index contributed by atoms with van der Waals surface area (Å²) in [5, 5.41) is 2.48. The van der Waals surface area contributed by atoms with E-state index in [-0.39, 0.29) is 23.6 Å². The molecule has 5 heteroatoms. The van der Waals surface area contributed by atoms with Crippen molar-refractivity contribution in [3.63, 3.8) is 0 Å². The molecule has 1 atom stereocenters. The number of methoxy groups -OCH3 is 1. The molecule has 1 aliphatic rings. The van der Waals surface area contributed by atoms with Crippen molar-refractivity contribution in [1.29, 1.82) is 0 Å². The lowest BCUT2D eigenvalue weighted by molar-refractivity contribution is -0.127. The molecular formula is C9H14N2O3. The maximum Gasteiger partial charge on any atom is 0.274 e. The van der Waals surface area contributed by atoms with Gasteiger partial charge in [0.05, 0.1) is 13.2 Å². The maximum atomic E-state index is 11.6. The number of likely N-dealkylation sites (N-methyl/N-ethyl adjacent to an activating group) is 1. The van der Waals surface area contributed by atoms with Crippen LogP contribution in [0.15, 0.2) is 11.5 Å². The van der Waals surface area contributed by atoms with Gasteiger partial charge in [0.2, 0.25) is 5.91 Å². The zero-order chi connectivity index (χ0) is 10.9. The van der Waals surface area contributed by atoms with Crippen LogP contribution in [-0.4, -0.2) is 36.9 Å². The van der Waals surface area contributed by atoms with Crippen LogP contribution in [0, 0.1) is 0 Å². The van der Waals surface area contributed by atoms with Crippen molar-refractivity contribution in [2.24, 2.45) is 0 Å². The molecule has 0 spiro atoms. The molecule has 0 saturated heterocycles. The third kappa shape index (κ3) is 1.57. The molecule has 1 heterocycles. The molecule has 0 aliphatic carbocycles. The molecule has 78 valence electrons. The normalized spacial score (nSPS) is 21.6. The van der Waals surface area contributed by atoms with E-state index in [1.807, 2.05) is 6.92 Å². The van der Waals surface area contributed by atoms with Crippen molar-refractivity contribution >= 4 is 11.8 Å². The average molecular weight is 198 g/mol. The van der Waals surface area contributed by atoms with Gasteiger partial charge in [0, 0.05) is 14.0 Å². The van der Waals surface area contributed by atoms with Gasteiger partial charge >= 0.3 is 0 Å². The number of hydrogen-bond donors (Lipinski definition) is 1. The number of nitrogens with zero attached hydrogens (tertiary/aromatic N) is 1. The minimum absolute atomic E-state index is 0.130. The molecule has 0 saturated carbocycles. The molecule has 2 amide bonds. The number of nitrogens with one attached hydrogen (secondary N) is 1. The molecule has 0 aromatic rings. The summed E-state index contributed by atoms with van der Waals surface area (Å²) in [6, 6.07) is -0.130. The highest BCUT2D eigenvalue weighted by Gasteiger charge is 2.35. The first-order valence-electron chi connectivity index (χ1n) is 4.32. The van der Waals surface area contributed by atoms with Crippen molar-refractivity contribution in [2.75, 3.05) is 14.2 Å². The fourth-order valence-corrected chi connectivity index (χ4v) is 1.41. The van der Waals surface area contributed by atoms with E-state index < -0.39 is 0 Å². The van der Waals surface area contributed by atoms with Crippen LogP contribution >= 0.6 is 0 Å². The van der Waals surface area contributed by atoms with Gasteiger partial charge in [0.15, 0.2) is 0 Å². The fraction of sp³-hybridized carbons (Fsp3) is 0.556. The van der Waals surface area contributed by atoms with Crippen LogP contribution in [0.25, 0.3) is 0 Å². The minimum Gasteiger partial charge on any atom is -0.497 e. The molecule has 14 heavy (non-hydrogen) atoms. The molecule has 0 aromatic carbocycles. The van der Waals surface area contributed by atoms with Crippen LogP contribution in [0.4, 0.5) is 0 Å². The van der Waals surface area contributed by atoms with Crippen molar-refractivity contribution in [3.8, 4) is 0 Å². The van der Waals surface area contributed by atoms with Gasteiger partial charge < -0.3 is 15.0 Å². The zero-order valence-electron chi connectivity index (χ0n) is 8.75. The van der Waals surface area contributed by atoms with E-state index in [4.69, 9.17) is 4.74 Å². The monoisotopic (exact) mass is 198 g/mol. The van der Waals surface area contributed by atoms with Gasteiger partial charge in [0.1, 0.15) is 11.5 Å². The second-order valence-electron chi connectivity index (χ2n) is 3.22. The Morgan fingerprint density at radius 3 is 2.57 bits per heavy atom. The molecule has 0 radical (unpaired) electrons. The Kier molecular flexibility index (Phi) is 2.78. The van der Waals surface area contributed by atoms with Crippen LogP contribution in [0.2, 0.25) is 0 Å². The summed E-state index contributed by atoms with van der Waals surface area (Å²) in [5.41, 5.74) is 0.245. The van der Waals surface area contributed by atoms with Crippen molar-refractivity contribution < 1.29 is 14.3 Å². The van der Waals surface area contributed by atoms with Crippen molar-refractivity contribution in [3.05, 3.63) is 11.5 Å². The topological polar surface area (TPSA) is 58.6 Å². The van der Waals surface area contributed by atoms with E-state index >= 15 is 0 Å². The summed E-state index contributed by atoms with van der Waals surface area (Å²) in [6.07, 6.45) is 0. The second kappa shape index (κ2) is 3.69. The Morgan fingerprint density at radius 2 is 2.14 bits per heavy atom. The molecule has 1 rings (SSSR count). The van der Waals surface area contributed by atoms with Crippen LogP contribution in [0.1, 0.15) is 13.8 Å². The standard InChI is InChI=1S/C9H14N2O3/c1-5-8(14-4)7(10-6(2)12)9(13)11(5)3/h5H,1-4H3,(H,10,12). The molecule has 0 aromatic heterocycles. The van der Waals surface area contributed by atoms with Gasteiger partial charge in [0.25, 0.3) is 5.91 Å². The smallest absolute Gasteiger partial charge is 0.274 e. The summed E-state index contributed by atoms with van der Waals surface area (Å²) in [7, 11) is 3.15. The number of hydrogen-bond acceptors (Lipinski definition) is 3. The third-order valence-corrected chi connectivity index (χ3v) is 2.26. The fourth-order valence-electron chi connectivity index (χ4n) is 1.41. The van der Waals surface area contributed by atoms with E-state index in [1.165, 1.54) is 18.9 Å². The largest absolute Gasteiger partial charge is 0.497 e. The van der Waals surface area contributed by atoms with Crippen molar-refractivity contribution in [2.45, 2.75) is 19.9 Å². The summed E-state index contributed by atoms with van der Waals surface area (Å²) in [4.78, 5) is 24.0. The van der Waals surface area contributed by atoms with E-state index in [0.717, 1.165) is 0 Å². The number of rotatable bonds is 2. The van der Waals surface area contributed by atoms with Gasteiger partial charge in [-0.25, -0.2) is 0 Å². The van der Waals surface area contributed by atoms with Crippen LogP contribution in [0.3, 0.4) is 0 Å². The SMILES string of the molecule is COC1=C(NC(C)=O)C(=O)N(C)C1C. The molecule has 0 fully saturated rings. The van der Waals surface area contributed by atoms with Crippen molar-refractivity contribution in [1.82, 2.24) is 10.2 Å². The Hall–Kier alpha value is -1.52. The Bertz CT molecular complexity index is 309. The maximum absolute atomic E-state index is 11.6. The summed E-state index contributed by atoms with van der Waals surface area (Å²) < 4.78 is 5.08. The number of ether oxygens (including phenoxy) is 1. The summed E-state index contributed by atoms with van der Waals surface area (Å²) >= 11 is 0. The van der Waals surface area contributed by atoms with Gasteiger partial charge in [-0.2, -0.15) is 0 Å². The molecule has 1 N–H and O–H groups in total. The van der Waals surface area contributed by atoms with Gasteiger partial charge in [-0.15, -0.1) is 0 Å². The highest BCUT2D eigenvalue weighted by Crippen LogP contribution is 2.22. The summed E-state index contributed by atoms with van der Waals surface area (Å²) in [5.74, 6) is 0.0163. The first-order chi connectivity index (χ1) is 6.49. The molecule has 1 aliphatic heterocycles. The summed E-state index contributed by atoms with van der Waals surface area (Å²) in [6.45, 7) is 3.20. The molecule has 1 unspecified atom stereocenters. The number of carbonyl (C=O) groups is 2. The van der Waals surface area contributed by atoms with Crippen LogP contribution < -0.4 is 5.32 Å². The quantitative estimate of drug-likeness (QED) is 0.670. The zero-order valence-corrected chi connectivity index (χ0v) is 8.75. The second-order valence-corrected chi connectivity index (χ2v) is 3.22. The number of carbonyl (C=O) groups excluding carboxylic acids is 2. The lowest BCUT2D eigenvalue weighted by atomic mass is 10.3. The average Bonchev–Trinajstić information content (AvgIpc) is 2.31. The van der Waals surface area contributed by atoms with Crippen LogP contribution in [0.5, 0.6) is 0 Å². The number of amides is 2. The molecule has 5 nitrogen and oxygen atoms in total. The molecular weight excluding hydrogens is 184 g/mol. The Balaban J connectivity index is 3.01. The highest BCUT2D eigenvalue weighted by molar-refractivity contribution is 6.00. The minimum atomic E-state index is -0.273. The van der Waals surface area contributed by atoms with Gasteiger partial charge in [-0.05, 0) is 6.92 Å². The molecule has 0 bridgehead atoms. The predicted molar refractivity (Wildman–Crippen MR) is 50.1 cm³/mol. The highest BCUT2D eigenvalue weighted by atomic mass is 16.5. The third-order valence-electron chi connectivity index (χ3n) is 2.26. The van der Waals surface area contributed by atoms with E-state index in [1.54, 1.807) is 7.05 Å². The Morgan fingerprint density at radius 1 is 1.57 bits per heavy atom. The van der Waals surface area contributed by atoms with E-state index in [2.05, 4.69) is 5.32 Å². The Labute approximate surface area is 82.7 Å². The van der Waals surface area contributed by atoms with Gasteiger partial charge in [-0.1, -0.05) is 0 Å². The van der Waals surface area contributed by atoms with E-state index in [9.17, 15) is 9.59 Å². The van der Waals surface area contributed by atoms with Crippen LogP contribution in [-0.2, 0) is 14.3 Å². The lowest BCUT2D eigenvalue weighted by Gasteiger charge is -2.16. The lowest BCUT2D eigenvalue weighted by Crippen LogP contribution is -2.32. The predicted octanol–water partition coefficient (Wildman–Crippen LogP) is -0.159. The first-order valence-corrected chi connectivity index (χ1v) is 4.32. The first kappa shape index (κ1) is 10.6. The van der Waals surface area contributed by atoms with E-state index in [0.29, 0.717) is 5.76 Å².